The Bertz CT molecular complexity index is 1060. The highest BCUT2D eigenvalue weighted by Crippen LogP contribution is 2.27. The summed E-state index contributed by atoms with van der Waals surface area (Å²) in [6.07, 6.45) is 5.84. The zero-order chi connectivity index (χ0) is 24.7. The normalized spacial score (nSPS) is 18.9. The van der Waals surface area contributed by atoms with E-state index in [1.807, 2.05) is 12.1 Å². The van der Waals surface area contributed by atoms with Gasteiger partial charge in [0, 0.05) is 32.7 Å². The number of piperidine rings is 1. The molecule has 0 N–H and O–H groups in total. The Morgan fingerprint density at radius 2 is 1.51 bits per heavy atom. The number of halogens is 2. The van der Waals surface area contributed by atoms with Crippen molar-refractivity contribution < 1.29 is 13.2 Å². The van der Waals surface area contributed by atoms with Crippen molar-refractivity contribution in [2.45, 2.75) is 43.5 Å². The van der Waals surface area contributed by atoms with Gasteiger partial charge in [0.1, 0.15) is 5.75 Å². The van der Waals surface area contributed by atoms with E-state index in [1.54, 1.807) is 4.31 Å². The van der Waals surface area contributed by atoms with Crippen molar-refractivity contribution in [3.63, 3.8) is 0 Å². The molecule has 2 heterocycles. The molecule has 2 aromatic carbocycles. The molecule has 0 aromatic heterocycles. The Kier molecular flexibility index (Phi) is 9.73. The number of benzene rings is 2. The molecule has 2 fully saturated rings. The molecule has 0 unspecified atom stereocenters. The third-order valence-electron chi connectivity index (χ3n) is 6.74. The van der Waals surface area contributed by atoms with Gasteiger partial charge in [-0.1, -0.05) is 41.8 Å². The number of hydrogen-bond donors (Lipinski definition) is 0. The predicted octanol–water partition coefficient (Wildman–Crippen LogP) is 5.14. The SMILES string of the molecule is O=S(=O)(c1ccc(Cl)c(Cl)c1)N1CCCN(Cc2ccc(OCCCN3CCCCC3)cc2)CC1. The summed E-state index contributed by atoms with van der Waals surface area (Å²) in [4.78, 5) is 5.03. The minimum absolute atomic E-state index is 0.187. The van der Waals surface area contributed by atoms with Gasteiger partial charge in [0.25, 0.3) is 0 Å². The summed E-state index contributed by atoms with van der Waals surface area (Å²) in [5, 5.41) is 0.597. The molecule has 0 radical (unpaired) electrons. The van der Waals surface area contributed by atoms with Gasteiger partial charge in [-0.05, 0) is 81.2 Å². The standard InChI is InChI=1S/C26H35Cl2N3O3S/c27-25-11-10-24(20-26(25)28)35(32,33)31-16-4-14-30(17-18-31)21-22-6-8-23(9-7-22)34-19-5-15-29-12-2-1-3-13-29/h6-11,20H,1-5,12-19,21H2. The Labute approximate surface area is 219 Å². The smallest absolute Gasteiger partial charge is 0.243 e. The second kappa shape index (κ2) is 12.7. The molecule has 0 amide bonds. The van der Waals surface area contributed by atoms with Crippen LogP contribution in [0.5, 0.6) is 5.75 Å². The number of ether oxygens (including phenoxy) is 1. The lowest BCUT2D eigenvalue weighted by atomic mass is 10.1. The zero-order valence-electron chi connectivity index (χ0n) is 20.2. The van der Waals surface area contributed by atoms with Crippen molar-refractivity contribution in [1.29, 1.82) is 0 Å². The summed E-state index contributed by atoms with van der Waals surface area (Å²) in [5.74, 6) is 0.905. The molecule has 0 atom stereocenters. The molecule has 0 aliphatic carbocycles. The highest BCUT2D eigenvalue weighted by atomic mass is 35.5. The van der Waals surface area contributed by atoms with Crippen LogP contribution in [0.15, 0.2) is 47.4 Å². The van der Waals surface area contributed by atoms with Gasteiger partial charge in [-0.2, -0.15) is 4.31 Å². The Morgan fingerprint density at radius 1 is 0.771 bits per heavy atom. The lowest BCUT2D eigenvalue weighted by Gasteiger charge is -2.26. The maximum Gasteiger partial charge on any atom is 0.243 e. The highest BCUT2D eigenvalue weighted by Gasteiger charge is 2.27. The number of sulfonamides is 1. The first-order valence-electron chi connectivity index (χ1n) is 12.5. The molecule has 2 aromatic rings. The molecular formula is C26H35Cl2N3O3S. The monoisotopic (exact) mass is 539 g/mol. The van der Waals surface area contributed by atoms with Crippen molar-refractivity contribution in [2.75, 3.05) is 52.4 Å². The van der Waals surface area contributed by atoms with E-state index in [4.69, 9.17) is 27.9 Å². The summed E-state index contributed by atoms with van der Waals surface area (Å²) in [5.41, 5.74) is 1.20. The molecule has 2 saturated heterocycles. The second-order valence-electron chi connectivity index (χ2n) is 9.36. The minimum atomic E-state index is -3.60. The van der Waals surface area contributed by atoms with Crippen LogP contribution in [0, 0.1) is 0 Å². The van der Waals surface area contributed by atoms with E-state index in [0.29, 0.717) is 24.7 Å². The Balaban J connectivity index is 1.23. The van der Waals surface area contributed by atoms with Crippen LogP contribution >= 0.6 is 23.2 Å². The van der Waals surface area contributed by atoms with E-state index in [0.717, 1.165) is 44.8 Å². The minimum Gasteiger partial charge on any atom is -0.494 e. The van der Waals surface area contributed by atoms with Crippen LogP contribution in [-0.4, -0.2) is 74.9 Å². The molecule has 35 heavy (non-hydrogen) atoms. The first-order valence-corrected chi connectivity index (χ1v) is 14.7. The van der Waals surface area contributed by atoms with Gasteiger partial charge in [-0.3, -0.25) is 4.90 Å². The maximum atomic E-state index is 13.1. The number of hydrogen-bond acceptors (Lipinski definition) is 5. The lowest BCUT2D eigenvalue weighted by Crippen LogP contribution is -2.35. The Morgan fingerprint density at radius 3 is 2.26 bits per heavy atom. The van der Waals surface area contributed by atoms with Gasteiger partial charge < -0.3 is 9.64 Å². The topological polar surface area (TPSA) is 53.1 Å². The fraction of sp³-hybridized carbons (Fsp3) is 0.538. The maximum absolute atomic E-state index is 13.1. The van der Waals surface area contributed by atoms with Crippen molar-refractivity contribution in [1.82, 2.24) is 14.1 Å². The van der Waals surface area contributed by atoms with Crippen molar-refractivity contribution >= 4 is 33.2 Å². The van der Waals surface area contributed by atoms with Crippen LogP contribution < -0.4 is 4.74 Å². The fourth-order valence-electron chi connectivity index (χ4n) is 4.74. The second-order valence-corrected chi connectivity index (χ2v) is 12.1. The summed E-state index contributed by atoms with van der Waals surface area (Å²) in [6, 6.07) is 12.8. The van der Waals surface area contributed by atoms with E-state index in [2.05, 4.69) is 21.9 Å². The van der Waals surface area contributed by atoms with Crippen molar-refractivity contribution in [3.8, 4) is 5.75 Å². The van der Waals surface area contributed by atoms with E-state index in [9.17, 15) is 8.42 Å². The van der Waals surface area contributed by atoms with Crippen LogP contribution in [-0.2, 0) is 16.6 Å². The molecule has 0 bridgehead atoms. The van der Waals surface area contributed by atoms with E-state index >= 15 is 0 Å². The molecule has 192 valence electrons. The first kappa shape index (κ1) is 26.7. The van der Waals surface area contributed by atoms with Crippen LogP contribution in [0.25, 0.3) is 0 Å². The predicted molar refractivity (Wildman–Crippen MR) is 142 cm³/mol. The third-order valence-corrected chi connectivity index (χ3v) is 9.38. The van der Waals surface area contributed by atoms with Crippen molar-refractivity contribution in [2.24, 2.45) is 0 Å². The van der Waals surface area contributed by atoms with Crippen LogP contribution in [0.4, 0.5) is 0 Å². The fourth-order valence-corrected chi connectivity index (χ4v) is 6.60. The van der Waals surface area contributed by atoms with Gasteiger partial charge >= 0.3 is 0 Å². The van der Waals surface area contributed by atoms with Gasteiger partial charge in [-0.25, -0.2) is 8.42 Å². The van der Waals surface area contributed by atoms with Gasteiger partial charge in [0.15, 0.2) is 0 Å². The first-order chi connectivity index (χ1) is 16.9. The Hall–Kier alpha value is -1.35. The van der Waals surface area contributed by atoms with Crippen LogP contribution in [0.2, 0.25) is 10.0 Å². The van der Waals surface area contributed by atoms with Gasteiger partial charge in [-0.15, -0.1) is 0 Å². The van der Waals surface area contributed by atoms with E-state index in [-0.39, 0.29) is 9.92 Å². The number of rotatable bonds is 9. The third kappa shape index (κ3) is 7.57. The number of likely N-dealkylation sites (tertiary alicyclic amines) is 1. The van der Waals surface area contributed by atoms with Gasteiger partial charge in [0.05, 0.1) is 21.5 Å². The van der Waals surface area contributed by atoms with E-state index < -0.39 is 10.0 Å². The quantitative estimate of drug-likeness (QED) is 0.412. The summed E-state index contributed by atoms with van der Waals surface area (Å²) >= 11 is 12.0. The average molecular weight is 541 g/mol. The largest absolute Gasteiger partial charge is 0.494 e. The van der Waals surface area contributed by atoms with Gasteiger partial charge in [0.2, 0.25) is 10.0 Å². The molecule has 2 aliphatic rings. The molecular weight excluding hydrogens is 505 g/mol. The molecule has 6 nitrogen and oxygen atoms in total. The molecule has 4 rings (SSSR count). The number of nitrogens with zero attached hydrogens (tertiary/aromatic N) is 3. The van der Waals surface area contributed by atoms with Crippen LogP contribution in [0.1, 0.15) is 37.7 Å². The molecule has 2 aliphatic heterocycles. The summed E-state index contributed by atoms with van der Waals surface area (Å²) < 4.78 is 33.7. The van der Waals surface area contributed by atoms with Crippen LogP contribution in [0.3, 0.4) is 0 Å². The summed E-state index contributed by atoms with van der Waals surface area (Å²) in [7, 11) is -3.60. The molecule has 9 heteroatoms. The zero-order valence-corrected chi connectivity index (χ0v) is 22.5. The molecule has 0 saturated carbocycles. The average Bonchev–Trinajstić information content (AvgIpc) is 3.11. The highest BCUT2D eigenvalue weighted by molar-refractivity contribution is 7.89. The summed E-state index contributed by atoms with van der Waals surface area (Å²) in [6.45, 7) is 7.56. The van der Waals surface area contributed by atoms with Crippen molar-refractivity contribution in [3.05, 3.63) is 58.1 Å². The lowest BCUT2D eigenvalue weighted by molar-refractivity contribution is 0.205. The molecule has 0 spiro atoms. The van der Waals surface area contributed by atoms with E-state index in [1.165, 1.54) is 56.1 Å².